The predicted molar refractivity (Wildman–Crippen MR) is 76.8 cm³/mol. The lowest BCUT2D eigenvalue weighted by molar-refractivity contribution is -0.137. The zero-order valence-electron chi connectivity index (χ0n) is 10.8. The van der Waals surface area contributed by atoms with Crippen molar-refractivity contribution in [1.82, 2.24) is 0 Å². The van der Waals surface area contributed by atoms with Crippen LogP contribution in [-0.4, -0.2) is 0 Å². The van der Waals surface area contributed by atoms with Gasteiger partial charge in [-0.15, -0.1) is 11.6 Å². The van der Waals surface area contributed by atoms with Crippen LogP contribution in [0, 0.1) is 0 Å². The van der Waals surface area contributed by atoms with E-state index < -0.39 is 11.7 Å². The summed E-state index contributed by atoms with van der Waals surface area (Å²) in [6, 6.07) is 10.8. The Morgan fingerprint density at radius 3 is 2.43 bits per heavy atom. The predicted octanol–water partition coefficient (Wildman–Crippen LogP) is 5.68. The molecule has 6 heteroatoms. The SMILES string of the molecule is FC(F)(F)c1cc(COc2cccc(CCl)c2)ccc1Cl. The summed E-state index contributed by atoms with van der Waals surface area (Å²) in [6.07, 6.45) is -4.48. The van der Waals surface area contributed by atoms with Gasteiger partial charge in [0.15, 0.2) is 0 Å². The van der Waals surface area contributed by atoms with Gasteiger partial charge in [-0.3, -0.25) is 0 Å². The minimum absolute atomic E-state index is 0.0198. The molecule has 0 aliphatic rings. The third kappa shape index (κ3) is 4.29. The molecule has 0 radical (unpaired) electrons. The van der Waals surface area contributed by atoms with Gasteiger partial charge in [0.2, 0.25) is 0 Å². The topological polar surface area (TPSA) is 9.23 Å². The molecule has 0 fully saturated rings. The fourth-order valence-electron chi connectivity index (χ4n) is 1.76. The Kier molecular flexibility index (Phi) is 5.01. The summed E-state index contributed by atoms with van der Waals surface area (Å²) in [5.74, 6) is 0.896. The number of hydrogen-bond acceptors (Lipinski definition) is 1. The molecule has 0 spiro atoms. The van der Waals surface area contributed by atoms with E-state index in [2.05, 4.69) is 0 Å². The Bertz CT molecular complexity index is 627. The van der Waals surface area contributed by atoms with E-state index in [9.17, 15) is 13.2 Å². The summed E-state index contributed by atoms with van der Waals surface area (Å²) in [7, 11) is 0. The number of ether oxygens (including phenoxy) is 1. The van der Waals surface area contributed by atoms with Gasteiger partial charge in [-0.05, 0) is 35.4 Å². The fraction of sp³-hybridized carbons (Fsp3) is 0.200. The fourth-order valence-corrected chi connectivity index (χ4v) is 2.16. The molecule has 1 nitrogen and oxygen atoms in total. The monoisotopic (exact) mass is 334 g/mol. The van der Waals surface area contributed by atoms with Gasteiger partial charge in [-0.1, -0.05) is 29.8 Å². The van der Waals surface area contributed by atoms with E-state index in [0.29, 0.717) is 17.2 Å². The summed E-state index contributed by atoms with van der Waals surface area (Å²) < 4.78 is 43.7. The molecular formula is C15H11Cl2F3O. The number of rotatable bonds is 4. The van der Waals surface area contributed by atoms with Crippen molar-refractivity contribution < 1.29 is 17.9 Å². The van der Waals surface area contributed by atoms with Crippen molar-refractivity contribution in [3.8, 4) is 5.75 Å². The van der Waals surface area contributed by atoms with Gasteiger partial charge in [-0.25, -0.2) is 0 Å². The van der Waals surface area contributed by atoms with Crippen LogP contribution in [0.15, 0.2) is 42.5 Å². The highest BCUT2D eigenvalue weighted by molar-refractivity contribution is 6.31. The number of alkyl halides is 4. The second-order valence-electron chi connectivity index (χ2n) is 4.38. The summed E-state index contributed by atoms with van der Waals surface area (Å²) in [5.41, 5.74) is 0.407. The van der Waals surface area contributed by atoms with Gasteiger partial charge in [0.1, 0.15) is 12.4 Å². The Balaban J connectivity index is 2.13. The van der Waals surface area contributed by atoms with E-state index in [1.165, 1.54) is 12.1 Å². The minimum Gasteiger partial charge on any atom is -0.489 e. The Morgan fingerprint density at radius 2 is 1.76 bits per heavy atom. The zero-order valence-corrected chi connectivity index (χ0v) is 12.3. The quantitative estimate of drug-likeness (QED) is 0.654. The van der Waals surface area contributed by atoms with E-state index in [1.54, 1.807) is 18.2 Å². The van der Waals surface area contributed by atoms with Crippen LogP contribution in [-0.2, 0) is 18.7 Å². The van der Waals surface area contributed by atoms with E-state index in [1.807, 2.05) is 6.07 Å². The molecule has 21 heavy (non-hydrogen) atoms. The van der Waals surface area contributed by atoms with Crippen LogP contribution in [0.1, 0.15) is 16.7 Å². The molecule has 0 amide bonds. The van der Waals surface area contributed by atoms with Crippen LogP contribution in [0.25, 0.3) is 0 Å². The standard InChI is InChI=1S/C15H11Cl2F3O/c16-8-10-2-1-3-12(6-10)21-9-11-4-5-14(17)13(7-11)15(18,19)20/h1-7H,8-9H2. The molecular weight excluding hydrogens is 324 g/mol. The van der Waals surface area contributed by atoms with Crippen LogP contribution in [0.5, 0.6) is 5.75 Å². The molecule has 2 rings (SSSR count). The molecule has 0 N–H and O–H groups in total. The Hall–Kier alpha value is -1.39. The minimum atomic E-state index is -4.48. The van der Waals surface area contributed by atoms with E-state index in [4.69, 9.17) is 27.9 Å². The molecule has 2 aromatic carbocycles. The largest absolute Gasteiger partial charge is 0.489 e. The first-order valence-electron chi connectivity index (χ1n) is 6.03. The van der Waals surface area contributed by atoms with Gasteiger partial charge in [0.05, 0.1) is 10.6 Å². The number of benzene rings is 2. The summed E-state index contributed by atoms with van der Waals surface area (Å²) >= 11 is 11.3. The maximum absolute atomic E-state index is 12.8. The van der Waals surface area contributed by atoms with Crippen LogP contribution < -0.4 is 4.74 Å². The van der Waals surface area contributed by atoms with Gasteiger partial charge in [-0.2, -0.15) is 13.2 Å². The maximum atomic E-state index is 12.8. The van der Waals surface area contributed by atoms with Crippen molar-refractivity contribution in [3.63, 3.8) is 0 Å². The molecule has 0 saturated heterocycles. The van der Waals surface area contributed by atoms with Crippen molar-refractivity contribution >= 4 is 23.2 Å². The van der Waals surface area contributed by atoms with Crippen molar-refractivity contribution in [2.75, 3.05) is 0 Å². The van der Waals surface area contributed by atoms with Gasteiger partial charge in [0, 0.05) is 5.88 Å². The second-order valence-corrected chi connectivity index (χ2v) is 5.06. The first kappa shape index (κ1) is 16.0. The average Bonchev–Trinajstić information content (AvgIpc) is 2.45. The van der Waals surface area contributed by atoms with E-state index in [-0.39, 0.29) is 11.6 Å². The molecule has 0 aliphatic carbocycles. The molecule has 0 atom stereocenters. The van der Waals surface area contributed by atoms with Gasteiger partial charge in [0.25, 0.3) is 0 Å². The second kappa shape index (κ2) is 6.58. The zero-order chi connectivity index (χ0) is 15.5. The first-order valence-corrected chi connectivity index (χ1v) is 6.94. The highest BCUT2D eigenvalue weighted by atomic mass is 35.5. The smallest absolute Gasteiger partial charge is 0.417 e. The third-order valence-corrected chi connectivity index (χ3v) is 3.43. The highest BCUT2D eigenvalue weighted by Crippen LogP contribution is 2.35. The van der Waals surface area contributed by atoms with E-state index in [0.717, 1.165) is 11.6 Å². The Labute approximate surface area is 130 Å². The molecule has 0 heterocycles. The molecule has 2 aromatic rings. The van der Waals surface area contributed by atoms with Crippen molar-refractivity contribution in [2.24, 2.45) is 0 Å². The van der Waals surface area contributed by atoms with Crippen LogP contribution in [0.2, 0.25) is 5.02 Å². The summed E-state index contributed by atoms with van der Waals surface area (Å²) in [6.45, 7) is 0.0198. The Morgan fingerprint density at radius 1 is 1.00 bits per heavy atom. The highest BCUT2D eigenvalue weighted by Gasteiger charge is 2.33. The van der Waals surface area contributed by atoms with Crippen LogP contribution in [0.3, 0.4) is 0 Å². The lowest BCUT2D eigenvalue weighted by atomic mass is 10.1. The normalized spacial score (nSPS) is 11.5. The van der Waals surface area contributed by atoms with E-state index >= 15 is 0 Å². The lowest BCUT2D eigenvalue weighted by Crippen LogP contribution is -2.07. The third-order valence-electron chi connectivity index (χ3n) is 2.79. The molecule has 0 saturated carbocycles. The first-order chi connectivity index (χ1) is 9.90. The molecule has 0 aliphatic heterocycles. The van der Waals surface area contributed by atoms with Crippen molar-refractivity contribution in [2.45, 2.75) is 18.7 Å². The number of halogens is 5. The van der Waals surface area contributed by atoms with Crippen LogP contribution in [0.4, 0.5) is 13.2 Å². The van der Waals surface area contributed by atoms with Gasteiger partial charge >= 0.3 is 6.18 Å². The van der Waals surface area contributed by atoms with Gasteiger partial charge < -0.3 is 4.74 Å². The summed E-state index contributed by atoms with van der Waals surface area (Å²) in [5, 5.41) is -0.324. The average molecular weight is 335 g/mol. The molecule has 0 unspecified atom stereocenters. The number of hydrogen-bond donors (Lipinski definition) is 0. The molecule has 0 aromatic heterocycles. The molecule has 0 bridgehead atoms. The summed E-state index contributed by atoms with van der Waals surface area (Å²) in [4.78, 5) is 0. The van der Waals surface area contributed by atoms with Crippen molar-refractivity contribution in [1.29, 1.82) is 0 Å². The maximum Gasteiger partial charge on any atom is 0.417 e. The lowest BCUT2D eigenvalue weighted by Gasteiger charge is -2.12. The van der Waals surface area contributed by atoms with Crippen LogP contribution >= 0.6 is 23.2 Å². The molecule has 112 valence electrons. The van der Waals surface area contributed by atoms with Crippen molar-refractivity contribution in [3.05, 3.63) is 64.2 Å².